The molecule has 0 aliphatic carbocycles. The Hall–Kier alpha value is -1.64. The van der Waals surface area contributed by atoms with Gasteiger partial charge in [-0.1, -0.05) is 6.92 Å². The molecule has 0 aromatic heterocycles. The van der Waals surface area contributed by atoms with E-state index in [0.717, 1.165) is 0 Å². The minimum Gasteiger partial charge on any atom is -0.492 e. The summed E-state index contributed by atoms with van der Waals surface area (Å²) in [6, 6.07) is 3.99. The van der Waals surface area contributed by atoms with Crippen molar-refractivity contribution in [2.24, 2.45) is 0 Å². The van der Waals surface area contributed by atoms with Crippen molar-refractivity contribution in [1.29, 1.82) is 0 Å². The standard InChI is InChI=1S/C15H24N2O5S/c1-5-15(18)16-13-9-12(7-8-14(13)22-6-2)23(19,20)17-11(3)10-21-4/h7-9,11,17H,5-6,10H2,1-4H3,(H,16,18)/t11-/m0/s1. The number of hydrogen-bond donors (Lipinski definition) is 2. The van der Waals surface area contributed by atoms with Gasteiger partial charge in [-0.25, -0.2) is 13.1 Å². The van der Waals surface area contributed by atoms with E-state index in [2.05, 4.69) is 10.0 Å². The molecule has 0 saturated heterocycles. The summed E-state index contributed by atoms with van der Waals surface area (Å²) in [5.74, 6) is 0.208. The maximum absolute atomic E-state index is 12.4. The largest absolute Gasteiger partial charge is 0.492 e. The number of carbonyl (C=O) groups excluding carboxylic acids is 1. The molecular weight excluding hydrogens is 320 g/mol. The van der Waals surface area contributed by atoms with Crippen LogP contribution in [0, 0.1) is 0 Å². The minimum absolute atomic E-state index is 0.0512. The number of methoxy groups -OCH3 is 1. The van der Waals surface area contributed by atoms with Gasteiger partial charge in [-0.2, -0.15) is 0 Å². The highest BCUT2D eigenvalue weighted by atomic mass is 32.2. The van der Waals surface area contributed by atoms with Gasteiger partial charge in [0.05, 0.1) is 23.8 Å². The van der Waals surface area contributed by atoms with E-state index in [0.29, 0.717) is 18.0 Å². The summed E-state index contributed by atoms with van der Waals surface area (Å²) in [7, 11) is -2.22. The highest BCUT2D eigenvalue weighted by molar-refractivity contribution is 7.89. The van der Waals surface area contributed by atoms with Crippen molar-refractivity contribution in [3.8, 4) is 5.75 Å². The molecular formula is C15H24N2O5S. The quantitative estimate of drug-likeness (QED) is 0.712. The summed E-state index contributed by atoms with van der Waals surface area (Å²) in [5.41, 5.74) is 0.334. The fraction of sp³-hybridized carbons (Fsp3) is 0.533. The van der Waals surface area contributed by atoms with Gasteiger partial charge >= 0.3 is 0 Å². The summed E-state index contributed by atoms with van der Waals surface area (Å²) in [6.07, 6.45) is 0.283. The van der Waals surface area contributed by atoms with Gasteiger partial charge < -0.3 is 14.8 Å². The molecule has 130 valence electrons. The van der Waals surface area contributed by atoms with E-state index in [9.17, 15) is 13.2 Å². The molecule has 0 radical (unpaired) electrons. The molecule has 7 nitrogen and oxygen atoms in total. The summed E-state index contributed by atoms with van der Waals surface area (Å²) in [4.78, 5) is 11.7. The second kappa shape index (κ2) is 8.85. The zero-order valence-electron chi connectivity index (χ0n) is 13.9. The topological polar surface area (TPSA) is 93.7 Å². The first-order valence-electron chi connectivity index (χ1n) is 7.42. The van der Waals surface area contributed by atoms with Crippen LogP contribution in [0.3, 0.4) is 0 Å². The van der Waals surface area contributed by atoms with Gasteiger partial charge in [-0.05, 0) is 32.0 Å². The lowest BCUT2D eigenvalue weighted by molar-refractivity contribution is -0.115. The van der Waals surface area contributed by atoms with Crippen LogP contribution in [0.15, 0.2) is 23.1 Å². The van der Waals surface area contributed by atoms with Crippen molar-refractivity contribution >= 4 is 21.6 Å². The molecule has 1 rings (SSSR count). The van der Waals surface area contributed by atoms with Crippen LogP contribution in [0.4, 0.5) is 5.69 Å². The molecule has 23 heavy (non-hydrogen) atoms. The molecule has 8 heteroatoms. The van der Waals surface area contributed by atoms with Crippen molar-refractivity contribution in [3.05, 3.63) is 18.2 Å². The SMILES string of the molecule is CCOc1ccc(S(=O)(=O)N[C@@H](C)COC)cc1NC(=O)CC. The third kappa shape index (κ3) is 5.81. The van der Waals surface area contributed by atoms with Gasteiger partial charge in [0, 0.05) is 19.6 Å². The van der Waals surface area contributed by atoms with Crippen molar-refractivity contribution in [2.75, 3.05) is 25.6 Å². The highest BCUT2D eigenvalue weighted by Gasteiger charge is 2.19. The van der Waals surface area contributed by atoms with Crippen molar-refractivity contribution in [3.63, 3.8) is 0 Å². The van der Waals surface area contributed by atoms with Gasteiger partial charge in [-0.3, -0.25) is 4.79 Å². The number of anilines is 1. The van der Waals surface area contributed by atoms with E-state index in [4.69, 9.17) is 9.47 Å². The minimum atomic E-state index is -3.72. The molecule has 0 bridgehead atoms. The Balaban J connectivity index is 3.12. The Kier molecular flexibility index (Phi) is 7.47. The summed E-state index contributed by atoms with van der Waals surface area (Å²) < 4.78 is 37.6. The van der Waals surface area contributed by atoms with E-state index in [1.54, 1.807) is 13.8 Å². The predicted octanol–water partition coefficient (Wildman–Crippen LogP) is 1.75. The Morgan fingerprint density at radius 1 is 1.30 bits per heavy atom. The average molecular weight is 344 g/mol. The Labute approximate surface area is 137 Å². The number of ether oxygens (including phenoxy) is 2. The first-order valence-corrected chi connectivity index (χ1v) is 8.90. The third-order valence-electron chi connectivity index (χ3n) is 2.93. The smallest absolute Gasteiger partial charge is 0.240 e. The number of amides is 1. The van der Waals surface area contributed by atoms with Gasteiger partial charge in [0.2, 0.25) is 15.9 Å². The molecule has 2 N–H and O–H groups in total. The van der Waals surface area contributed by atoms with Crippen molar-refractivity contribution < 1.29 is 22.7 Å². The summed E-state index contributed by atoms with van der Waals surface area (Å²) in [6.45, 7) is 5.89. The van der Waals surface area contributed by atoms with E-state index < -0.39 is 10.0 Å². The summed E-state index contributed by atoms with van der Waals surface area (Å²) in [5, 5.41) is 2.66. The molecule has 0 spiro atoms. The molecule has 0 fully saturated rings. The van der Waals surface area contributed by atoms with Gasteiger partial charge in [0.1, 0.15) is 5.75 Å². The fourth-order valence-electron chi connectivity index (χ4n) is 1.91. The molecule has 0 aliphatic heterocycles. The van der Waals surface area contributed by atoms with E-state index in [1.165, 1.54) is 25.3 Å². The number of sulfonamides is 1. The lowest BCUT2D eigenvalue weighted by Gasteiger charge is -2.16. The van der Waals surface area contributed by atoms with Crippen LogP contribution in [0.1, 0.15) is 27.2 Å². The van der Waals surface area contributed by atoms with Crippen LogP contribution in [0.25, 0.3) is 0 Å². The number of rotatable bonds is 9. The molecule has 1 aromatic rings. The third-order valence-corrected chi connectivity index (χ3v) is 4.52. The van der Waals surface area contributed by atoms with Crippen LogP contribution in [0.5, 0.6) is 5.75 Å². The van der Waals surface area contributed by atoms with Crippen molar-refractivity contribution in [2.45, 2.75) is 38.1 Å². The lowest BCUT2D eigenvalue weighted by Crippen LogP contribution is -2.35. The second-order valence-electron chi connectivity index (χ2n) is 4.97. The Morgan fingerprint density at radius 3 is 2.57 bits per heavy atom. The van der Waals surface area contributed by atoms with E-state index in [1.807, 2.05) is 6.92 Å². The first kappa shape index (κ1) is 19.4. The number of carbonyl (C=O) groups is 1. The highest BCUT2D eigenvalue weighted by Crippen LogP contribution is 2.28. The molecule has 0 unspecified atom stereocenters. The van der Waals surface area contributed by atoms with Gasteiger partial charge in [-0.15, -0.1) is 0 Å². The molecule has 1 atom stereocenters. The molecule has 1 aromatic carbocycles. The number of benzene rings is 1. The molecule has 0 heterocycles. The average Bonchev–Trinajstić information content (AvgIpc) is 2.48. The van der Waals surface area contributed by atoms with Crippen LogP contribution < -0.4 is 14.8 Å². The number of nitrogens with one attached hydrogen (secondary N) is 2. The predicted molar refractivity (Wildman–Crippen MR) is 88.2 cm³/mol. The Bertz CT molecular complexity index is 631. The van der Waals surface area contributed by atoms with Gasteiger partial charge in [0.25, 0.3) is 0 Å². The van der Waals surface area contributed by atoms with Crippen LogP contribution in [-0.4, -0.2) is 40.7 Å². The molecule has 0 aliphatic rings. The zero-order chi connectivity index (χ0) is 17.5. The van der Waals surface area contributed by atoms with E-state index in [-0.39, 0.29) is 29.9 Å². The molecule has 0 saturated carbocycles. The Morgan fingerprint density at radius 2 is 2.00 bits per heavy atom. The van der Waals surface area contributed by atoms with Crippen LogP contribution >= 0.6 is 0 Å². The normalized spacial score (nSPS) is 12.7. The summed E-state index contributed by atoms with van der Waals surface area (Å²) >= 11 is 0. The van der Waals surface area contributed by atoms with Crippen LogP contribution in [0.2, 0.25) is 0 Å². The van der Waals surface area contributed by atoms with Gasteiger partial charge in [0.15, 0.2) is 0 Å². The monoisotopic (exact) mass is 344 g/mol. The maximum Gasteiger partial charge on any atom is 0.240 e. The zero-order valence-corrected chi connectivity index (χ0v) is 14.7. The van der Waals surface area contributed by atoms with Crippen molar-refractivity contribution in [1.82, 2.24) is 4.72 Å². The lowest BCUT2D eigenvalue weighted by atomic mass is 10.3. The fourth-order valence-corrected chi connectivity index (χ4v) is 3.16. The second-order valence-corrected chi connectivity index (χ2v) is 6.68. The maximum atomic E-state index is 12.4. The van der Waals surface area contributed by atoms with E-state index >= 15 is 0 Å². The van der Waals surface area contributed by atoms with Crippen LogP contribution in [-0.2, 0) is 19.6 Å². The first-order chi connectivity index (χ1) is 10.8. The number of hydrogen-bond acceptors (Lipinski definition) is 5. The molecule has 1 amide bonds.